The molecule has 0 aromatic rings. The van der Waals surface area contributed by atoms with Gasteiger partial charge in [-0.3, -0.25) is 4.57 Å². The van der Waals surface area contributed by atoms with Gasteiger partial charge in [0.05, 0.1) is 0 Å². The van der Waals surface area contributed by atoms with E-state index in [1.807, 2.05) is 0 Å². The van der Waals surface area contributed by atoms with E-state index in [1.165, 1.54) is 12.8 Å². The Balaban J connectivity index is 3.65. The Hall–Kier alpha value is 0.890. The Kier molecular flexibility index (Phi) is 7.71. The quantitative estimate of drug-likeness (QED) is 0.524. The second kappa shape index (κ2) is 7.22. The minimum atomic E-state index is -3.15. The van der Waals surface area contributed by atoms with Gasteiger partial charge in [-0.2, -0.15) is 0 Å². The van der Waals surface area contributed by atoms with Crippen molar-refractivity contribution in [3.8, 4) is 0 Å². The van der Waals surface area contributed by atoms with Crippen LogP contribution in [-0.4, -0.2) is 10.6 Å². The summed E-state index contributed by atoms with van der Waals surface area (Å²) in [5.74, 6) is -1.83. The van der Waals surface area contributed by atoms with Crippen LogP contribution in [0.25, 0.3) is 0 Å². The predicted molar refractivity (Wildman–Crippen MR) is 64.6 cm³/mol. The van der Waals surface area contributed by atoms with Crippen molar-refractivity contribution in [2.45, 2.75) is 39.5 Å². The van der Waals surface area contributed by atoms with Crippen LogP contribution in [0.15, 0.2) is 0 Å². The van der Waals surface area contributed by atoms with Gasteiger partial charge in [0.1, 0.15) is 0 Å². The fraction of sp³-hybridized carbons (Fsp3) is 1.00. The van der Waals surface area contributed by atoms with Gasteiger partial charge < -0.3 is 4.89 Å². The molecule has 0 spiro atoms. The number of rotatable bonds is 7. The molecule has 2 nitrogen and oxygen atoms in total. The van der Waals surface area contributed by atoms with Crippen molar-refractivity contribution in [2.75, 3.05) is 5.75 Å². The van der Waals surface area contributed by atoms with Crippen LogP contribution in [0, 0.1) is 5.92 Å². The van der Waals surface area contributed by atoms with Gasteiger partial charge in [0, 0.05) is 5.75 Å². The number of hydrogen-bond donors (Lipinski definition) is 2. The summed E-state index contributed by atoms with van der Waals surface area (Å²) in [6, 6.07) is 0. The van der Waals surface area contributed by atoms with Crippen molar-refractivity contribution in [1.82, 2.24) is 0 Å². The minimum Gasteiger partial charge on any atom is -0.329 e. The number of unbranched alkanes of at least 4 members (excludes halogenated alkanes) is 1. The van der Waals surface area contributed by atoms with Gasteiger partial charge >= 0.3 is 5.77 Å². The van der Waals surface area contributed by atoms with Crippen LogP contribution in [0.2, 0.25) is 0 Å². The summed E-state index contributed by atoms with van der Waals surface area (Å²) in [7, 11) is 0. The summed E-state index contributed by atoms with van der Waals surface area (Å²) in [4.78, 5) is 8.97. The Morgan fingerprint density at radius 1 is 1.54 bits per heavy atom. The van der Waals surface area contributed by atoms with Gasteiger partial charge in [0.25, 0.3) is 0 Å². The lowest BCUT2D eigenvalue weighted by molar-refractivity contribution is 0.497. The van der Waals surface area contributed by atoms with Crippen molar-refractivity contribution >= 4 is 29.4 Å². The number of thiol groups is 1. The Bertz CT molecular complexity index is 170. The third-order valence-electron chi connectivity index (χ3n) is 2.02. The summed E-state index contributed by atoms with van der Waals surface area (Å²) < 4.78 is 10.9. The van der Waals surface area contributed by atoms with Gasteiger partial charge in [-0.15, -0.1) is 0 Å². The van der Waals surface area contributed by atoms with E-state index in [0.717, 1.165) is 30.0 Å². The van der Waals surface area contributed by atoms with E-state index in [-0.39, 0.29) is 0 Å². The second-order valence-electron chi connectivity index (χ2n) is 3.20. The average molecular weight is 242 g/mol. The first-order chi connectivity index (χ1) is 5.99. The third kappa shape index (κ3) is 9.20. The van der Waals surface area contributed by atoms with E-state index >= 15 is 0 Å². The first kappa shape index (κ1) is 13.9. The molecule has 0 heterocycles. The molecule has 0 aliphatic heterocycles. The molecule has 0 saturated carbocycles. The Morgan fingerprint density at radius 3 is 2.54 bits per heavy atom. The fourth-order valence-corrected chi connectivity index (χ4v) is 3.72. The molecule has 80 valence electrons. The van der Waals surface area contributed by atoms with Crippen LogP contribution in [0.5, 0.6) is 0 Å². The second-order valence-corrected chi connectivity index (χ2v) is 9.47. The summed E-state index contributed by atoms with van der Waals surface area (Å²) >= 11 is 4.73. The highest BCUT2D eigenvalue weighted by Crippen LogP contribution is 2.59. The molecular weight excluding hydrogens is 223 g/mol. The van der Waals surface area contributed by atoms with E-state index in [0.29, 0.717) is 5.92 Å². The highest BCUT2D eigenvalue weighted by atomic mass is 33.1. The molecule has 0 rings (SSSR count). The lowest BCUT2D eigenvalue weighted by atomic mass is 10.0. The number of hydrogen-bond acceptors (Lipinski definition) is 2. The van der Waals surface area contributed by atoms with Crippen LogP contribution in [0.1, 0.15) is 39.5 Å². The monoisotopic (exact) mass is 242 g/mol. The van der Waals surface area contributed by atoms with Crippen molar-refractivity contribution < 1.29 is 9.46 Å². The van der Waals surface area contributed by atoms with Gasteiger partial charge in [-0.1, -0.05) is 56.7 Å². The molecule has 0 fully saturated rings. The normalized spacial score (nSPS) is 18.2. The Labute approximate surface area is 90.2 Å². The van der Waals surface area contributed by atoms with Crippen LogP contribution in [-0.2, 0) is 4.57 Å². The van der Waals surface area contributed by atoms with E-state index in [4.69, 9.17) is 4.89 Å². The zero-order valence-electron chi connectivity index (χ0n) is 8.27. The van der Waals surface area contributed by atoms with E-state index in [2.05, 4.69) is 26.1 Å². The van der Waals surface area contributed by atoms with Crippen LogP contribution < -0.4 is 0 Å². The van der Waals surface area contributed by atoms with Crippen LogP contribution in [0.4, 0.5) is 0 Å². The highest BCUT2D eigenvalue weighted by Gasteiger charge is 2.15. The SMILES string of the molecule is CCCCC(CC)CSP(=O)(O)S. The molecule has 0 saturated heterocycles. The van der Waals surface area contributed by atoms with Crippen molar-refractivity contribution in [3.63, 3.8) is 0 Å². The maximum Gasteiger partial charge on any atom is 0.307 e. The minimum absolute atomic E-state index is 0.567. The third-order valence-corrected chi connectivity index (χ3v) is 5.47. The van der Waals surface area contributed by atoms with Crippen LogP contribution >= 0.6 is 29.4 Å². The van der Waals surface area contributed by atoms with Gasteiger partial charge in [-0.25, -0.2) is 0 Å². The molecule has 0 bridgehead atoms. The molecule has 0 aliphatic rings. The standard InChI is InChI=1S/C8H19O2PS2/c1-3-5-6-8(4-2)7-13-11(9,10)12/h8H,3-7H2,1-2H3,(H2,9,10,12). The largest absolute Gasteiger partial charge is 0.329 e. The maximum absolute atomic E-state index is 10.9. The molecule has 5 heteroatoms. The van der Waals surface area contributed by atoms with E-state index in [1.54, 1.807) is 0 Å². The predicted octanol–water partition coefficient (Wildman–Crippen LogP) is 3.97. The molecule has 1 N–H and O–H groups in total. The lowest BCUT2D eigenvalue weighted by Crippen LogP contribution is -2.01. The molecule has 13 heavy (non-hydrogen) atoms. The molecule has 0 aliphatic carbocycles. The molecule has 2 atom stereocenters. The first-order valence-corrected chi connectivity index (χ1v) is 9.10. The lowest BCUT2D eigenvalue weighted by Gasteiger charge is -2.13. The van der Waals surface area contributed by atoms with Crippen molar-refractivity contribution in [3.05, 3.63) is 0 Å². The van der Waals surface area contributed by atoms with Crippen molar-refractivity contribution in [2.24, 2.45) is 5.92 Å². The first-order valence-electron chi connectivity index (χ1n) is 4.69. The summed E-state index contributed by atoms with van der Waals surface area (Å²) in [5.41, 5.74) is 0. The van der Waals surface area contributed by atoms with Gasteiger partial charge in [0.15, 0.2) is 0 Å². The molecule has 0 aromatic carbocycles. The zero-order chi connectivity index (χ0) is 10.3. The molecule has 0 aromatic heterocycles. The summed E-state index contributed by atoms with van der Waals surface area (Å²) in [6.45, 7) is 4.29. The van der Waals surface area contributed by atoms with E-state index < -0.39 is 5.77 Å². The highest BCUT2D eigenvalue weighted by molar-refractivity contribution is 8.84. The maximum atomic E-state index is 10.9. The van der Waals surface area contributed by atoms with Crippen LogP contribution in [0.3, 0.4) is 0 Å². The Morgan fingerprint density at radius 2 is 2.15 bits per heavy atom. The van der Waals surface area contributed by atoms with E-state index in [9.17, 15) is 4.57 Å². The topological polar surface area (TPSA) is 37.3 Å². The zero-order valence-corrected chi connectivity index (χ0v) is 10.9. The fourth-order valence-electron chi connectivity index (χ4n) is 1.10. The smallest absolute Gasteiger partial charge is 0.307 e. The molecule has 0 amide bonds. The van der Waals surface area contributed by atoms with Gasteiger partial charge in [0.2, 0.25) is 0 Å². The molecule has 0 radical (unpaired) electrons. The molecular formula is C8H19O2PS2. The van der Waals surface area contributed by atoms with Crippen molar-refractivity contribution in [1.29, 1.82) is 0 Å². The van der Waals surface area contributed by atoms with Gasteiger partial charge in [-0.05, 0) is 12.3 Å². The molecule has 2 unspecified atom stereocenters. The summed E-state index contributed by atoms with van der Waals surface area (Å²) in [5, 5.41) is 0. The average Bonchev–Trinajstić information content (AvgIpc) is 2.03. The summed E-state index contributed by atoms with van der Waals surface area (Å²) in [6.07, 6.45) is 4.65.